The number of nitrogens with zero attached hydrogens (tertiary/aromatic N) is 2. The Morgan fingerprint density at radius 2 is 2.38 bits per heavy atom. The second-order valence-corrected chi connectivity index (χ2v) is 3.49. The lowest BCUT2D eigenvalue weighted by Gasteiger charge is -2.02. The minimum atomic E-state index is -0.437. The average Bonchev–Trinajstić information content (AvgIpc) is 2.31. The van der Waals surface area contributed by atoms with Crippen molar-refractivity contribution in [2.24, 2.45) is 4.99 Å². The number of pyridine rings is 1. The number of carbonyl (C=O) groups is 1. The van der Waals surface area contributed by atoms with Gasteiger partial charge in [0.05, 0.1) is 5.71 Å². The summed E-state index contributed by atoms with van der Waals surface area (Å²) in [6.07, 6.45) is 5.67. The van der Waals surface area contributed by atoms with Crippen molar-refractivity contribution >= 4 is 22.6 Å². The fourth-order valence-corrected chi connectivity index (χ4v) is 1.44. The van der Waals surface area contributed by atoms with Gasteiger partial charge in [0.15, 0.2) is 0 Å². The van der Waals surface area contributed by atoms with Crippen LogP contribution in [0.2, 0.25) is 0 Å². The Morgan fingerprint density at radius 1 is 1.62 bits per heavy atom. The van der Waals surface area contributed by atoms with E-state index >= 15 is 0 Å². The van der Waals surface area contributed by atoms with Crippen molar-refractivity contribution in [3.63, 3.8) is 0 Å². The molecule has 0 aromatic carbocycles. The number of aliphatic imine (C=N–C) groups is 1. The summed E-state index contributed by atoms with van der Waals surface area (Å²) in [6.45, 7) is 1.88. The first-order valence-electron chi connectivity index (χ1n) is 4.96. The molecular weight excluding hydrogens is 224 g/mol. The van der Waals surface area contributed by atoms with Crippen LogP contribution in [0.4, 0.5) is 0 Å². The minimum Gasteiger partial charge on any atom is -0.288 e. The Kier molecular flexibility index (Phi) is 4.86. The molecule has 16 heavy (non-hydrogen) atoms. The molecule has 0 fully saturated rings. The molecule has 0 aliphatic rings. The fourth-order valence-electron chi connectivity index (χ4n) is 1.25. The van der Waals surface area contributed by atoms with E-state index in [0.29, 0.717) is 17.7 Å². The zero-order valence-electron chi connectivity index (χ0n) is 9.27. The monoisotopic (exact) mass is 236 g/mol. The highest BCUT2D eigenvalue weighted by atomic mass is 35.5. The molecule has 1 aromatic rings. The Labute approximate surface area is 99.9 Å². The standard InChI is InChI=1S/C12H13ClN2O/c1-3-9(12(13)16)7-11(14-2)10-5-4-6-15-8-10/h4-8H,3H2,1-2H3/b9-7+,14-11?. The van der Waals surface area contributed by atoms with E-state index in [0.717, 1.165) is 5.56 Å². The number of hydrogen-bond donors (Lipinski definition) is 0. The summed E-state index contributed by atoms with van der Waals surface area (Å²) in [6, 6.07) is 3.71. The molecule has 1 heterocycles. The van der Waals surface area contributed by atoms with Gasteiger partial charge in [-0.15, -0.1) is 0 Å². The first-order chi connectivity index (χ1) is 7.69. The second-order valence-electron chi connectivity index (χ2n) is 3.15. The van der Waals surface area contributed by atoms with Gasteiger partial charge in [0.1, 0.15) is 0 Å². The molecule has 84 valence electrons. The summed E-state index contributed by atoms with van der Waals surface area (Å²) in [7, 11) is 1.67. The van der Waals surface area contributed by atoms with Gasteiger partial charge in [-0.25, -0.2) is 0 Å². The highest BCUT2D eigenvalue weighted by molar-refractivity contribution is 6.67. The maximum absolute atomic E-state index is 11.1. The molecule has 0 radical (unpaired) electrons. The molecule has 0 saturated carbocycles. The number of halogens is 1. The topological polar surface area (TPSA) is 42.3 Å². The number of allylic oxidation sites excluding steroid dienone is 2. The van der Waals surface area contributed by atoms with Gasteiger partial charge in [-0.3, -0.25) is 14.8 Å². The second kappa shape index (κ2) is 6.18. The van der Waals surface area contributed by atoms with Crippen LogP contribution in [0.3, 0.4) is 0 Å². The van der Waals surface area contributed by atoms with Gasteiger partial charge in [-0.05, 0) is 36.2 Å². The highest BCUT2D eigenvalue weighted by Crippen LogP contribution is 2.09. The molecule has 0 aliphatic heterocycles. The molecule has 0 aliphatic carbocycles. The van der Waals surface area contributed by atoms with Crippen LogP contribution < -0.4 is 0 Å². The van der Waals surface area contributed by atoms with E-state index in [2.05, 4.69) is 9.98 Å². The molecule has 0 atom stereocenters. The van der Waals surface area contributed by atoms with Crippen molar-refractivity contribution in [1.29, 1.82) is 0 Å². The van der Waals surface area contributed by atoms with Crippen molar-refractivity contribution < 1.29 is 4.79 Å². The number of aromatic nitrogens is 1. The Hall–Kier alpha value is -1.48. The van der Waals surface area contributed by atoms with Crippen LogP contribution in [-0.4, -0.2) is 23.0 Å². The van der Waals surface area contributed by atoms with Gasteiger partial charge in [0, 0.05) is 30.6 Å². The molecule has 3 nitrogen and oxygen atoms in total. The van der Waals surface area contributed by atoms with Crippen molar-refractivity contribution in [3.05, 3.63) is 41.7 Å². The summed E-state index contributed by atoms with van der Waals surface area (Å²) in [5.74, 6) is 0. The summed E-state index contributed by atoms with van der Waals surface area (Å²) in [5.41, 5.74) is 2.12. The summed E-state index contributed by atoms with van der Waals surface area (Å²) in [5, 5.41) is -0.437. The van der Waals surface area contributed by atoms with Crippen molar-refractivity contribution in [2.45, 2.75) is 13.3 Å². The summed E-state index contributed by atoms with van der Waals surface area (Å²) in [4.78, 5) is 19.2. The number of carbonyl (C=O) groups excluding carboxylic acids is 1. The molecule has 0 spiro atoms. The van der Waals surface area contributed by atoms with Gasteiger partial charge in [-0.2, -0.15) is 0 Å². The van der Waals surface area contributed by atoms with Crippen molar-refractivity contribution in [2.75, 3.05) is 7.05 Å². The van der Waals surface area contributed by atoms with Crippen molar-refractivity contribution in [1.82, 2.24) is 4.98 Å². The molecule has 1 aromatic heterocycles. The van der Waals surface area contributed by atoms with Gasteiger partial charge < -0.3 is 0 Å². The highest BCUT2D eigenvalue weighted by Gasteiger charge is 2.06. The molecule has 0 bridgehead atoms. The summed E-state index contributed by atoms with van der Waals surface area (Å²) >= 11 is 5.45. The van der Waals surface area contributed by atoms with E-state index in [-0.39, 0.29) is 0 Å². The third-order valence-electron chi connectivity index (χ3n) is 2.14. The van der Waals surface area contributed by atoms with E-state index in [1.807, 2.05) is 19.1 Å². The first-order valence-corrected chi connectivity index (χ1v) is 5.34. The fraction of sp³-hybridized carbons (Fsp3) is 0.250. The Morgan fingerprint density at radius 3 is 2.81 bits per heavy atom. The summed E-state index contributed by atoms with van der Waals surface area (Å²) < 4.78 is 0. The molecule has 0 N–H and O–H groups in total. The van der Waals surface area contributed by atoms with E-state index < -0.39 is 5.24 Å². The zero-order chi connectivity index (χ0) is 12.0. The van der Waals surface area contributed by atoms with Gasteiger partial charge in [0.25, 0.3) is 0 Å². The third-order valence-corrected chi connectivity index (χ3v) is 2.39. The Bertz CT molecular complexity index is 424. The molecule has 0 unspecified atom stereocenters. The van der Waals surface area contributed by atoms with Gasteiger partial charge in [0.2, 0.25) is 5.24 Å². The normalized spacial score (nSPS) is 12.7. The van der Waals surface area contributed by atoms with Crippen LogP contribution in [0.25, 0.3) is 0 Å². The molecular formula is C12H13ClN2O. The number of hydrogen-bond acceptors (Lipinski definition) is 3. The van der Waals surface area contributed by atoms with Gasteiger partial charge in [-0.1, -0.05) is 6.92 Å². The van der Waals surface area contributed by atoms with Crippen LogP contribution in [0.15, 0.2) is 41.2 Å². The lowest BCUT2D eigenvalue weighted by atomic mass is 10.1. The molecule has 4 heteroatoms. The molecule has 1 rings (SSSR count). The lowest BCUT2D eigenvalue weighted by Crippen LogP contribution is -2.02. The van der Waals surface area contributed by atoms with E-state index in [1.54, 1.807) is 25.5 Å². The van der Waals surface area contributed by atoms with Crippen LogP contribution >= 0.6 is 11.6 Å². The zero-order valence-corrected chi connectivity index (χ0v) is 10.0. The number of rotatable bonds is 4. The average molecular weight is 237 g/mol. The Balaban J connectivity index is 3.07. The van der Waals surface area contributed by atoms with E-state index in [1.165, 1.54) is 0 Å². The smallest absolute Gasteiger partial charge is 0.248 e. The maximum Gasteiger partial charge on any atom is 0.248 e. The quantitative estimate of drug-likeness (QED) is 0.458. The maximum atomic E-state index is 11.1. The third kappa shape index (κ3) is 3.28. The lowest BCUT2D eigenvalue weighted by molar-refractivity contribution is -0.108. The molecule has 0 saturated heterocycles. The predicted octanol–water partition coefficient (Wildman–Crippen LogP) is 2.60. The minimum absolute atomic E-state index is 0.437. The van der Waals surface area contributed by atoms with Gasteiger partial charge >= 0.3 is 0 Å². The SMILES string of the molecule is CC/C(=C\C(=NC)c1cccnc1)C(=O)Cl. The van der Waals surface area contributed by atoms with Crippen molar-refractivity contribution in [3.8, 4) is 0 Å². The van der Waals surface area contributed by atoms with Crippen LogP contribution in [0.1, 0.15) is 18.9 Å². The van der Waals surface area contributed by atoms with E-state index in [4.69, 9.17) is 11.6 Å². The van der Waals surface area contributed by atoms with Crippen LogP contribution in [0.5, 0.6) is 0 Å². The first kappa shape index (κ1) is 12.6. The van der Waals surface area contributed by atoms with Crippen LogP contribution in [-0.2, 0) is 4.79 Å². The van der Waals surface area contributed by atoms with E-state index in [9.17, 15) is 4.79 Å². The molecule has 0 amide bonds. The largest absolute Gasteiger partial charge is 0.288 e. The predicted molar refractivity (Wildman–Crippen MR) is 65.9 cm³/mol. The van der Waals surface area contributed by atoms with Crippen LogP contribution in [0, 0.1) is 0 Å².